The number of nitrogens with zero attached hydrogens (tertiary/aromatic N) is 3. The summed E-state index contributed by atoms with van der Waals surface area (Å²) in [4.78, 5) is 16.4. The van der Waals surface area contributed by atoms with Crippen molar-refractivity contribution in [2.45, 2.75) is 13.0 Å². The summed E-state index contributed by atoms with van der Waals surface area (Å²) >= 11 is 0. The Balaban J connectivity index is 2.31. The average molecular weight is 222 g/mol. The van der Waals surface area contributed by atoms with Crippen molar-refractivity contribution in [3.63, 3.8) is 0 Å². The molecule has 0 aliphatic carbocycles. The molecule has 16 heavy (non-hydrogen) atoms. The van der Waals surface area contributed by atoms with Crippen LogP contribution in [0.4, 0.5) is 11.5 Å². The Labute approximate surface area is 93.2 Å². The zero-order chi connectivity index (χ0) is 11.7. The quantitative estimate of drug-likeness (QED) is 0.590. The van der Waals surface area contributed by atoms with Crippen LogP contribution in [-0.2, 0) is 0 Å². The van der Waals surface area contributed by atoms with E-state index in [0.717, 1.165) is 6.54 Å². The van der Waals surface area contributed by atoms with Gasteiger partial charge in [-0.25, -0.2) is 4.98 Å². The first-order valence-electron chi connectivity index (χ1n) is 5.19. The number of rotatable bonds is 2. The molecule has 1 saturated heterocycles. The number of pyridine rings is 1. The van der Waals surface area contributed by atoms with Gasteiger partial charge in [-0.15, -0.1) is 0 Å². The van der Waals surface area contributed by atoms with Gasteiger partial charge in [-0.1, -0.05) is 6.92 Å². The maximum atomic E-state index is 10.8. The highest BCUT2D eigenvalue weighted by atomic mass is 16.6. The fourth-order valence-corrected chi connectivity index (χ4v) is 1.94. The van der Waals surface area contributed by atoms with Gasteiger partial charge in [-0.2, -0.15) is 0 Å². The lowest BCUT2D eigenvalue weighted by atomic mass is 10.1. The van der Waals surface area contributed by atoms with Gasteiger partial charge in [0.25, 0.3) is 0 Å². The van der Waals surface area contributed by atoms with Gasteiger partial charge < -0.3 is 10.6 Å². The molecule has 0 spiro atoms. The normalized spacial score (nSPS) is 24.8. The van der Waals surface area contributed by atoms with E-state index in [9.17, 15) is 10.1 Å². The van der Waals surface area contributed by atoms with Crippen molar-refractivity contribution in [2.24, 2.45) is 11.7 Å². The van der Waals surface area contributed by atoms with Crippen LogP contribution in [0.3, 0.4) is 0 Å². The van der Waals surface area contributed by atoms with Crippen molar-refractivity contribution < 1.29 is 4.92 Å². The van der Waals surface area contributed by atoms with Crippen molar-refractivity contribution in [3.8, 4) is 0 Å². The molecule has 6 heteroatoms. The fourth-order valence-electron chi connectivity index (χ4n) is 1.94. The van der Waals surface area contributed by atoms with Crippen molar-refractivity contribution in [3.05, 3.63) is 28.4 Å². The third kappa shape index (κ3) is 1.83. The van der Waals surface area contributed by atoms with Crippen LogP contribution in [0.1, 0.15) is 6.92 Å². The molecular weight excluding hydrogens is 208 g/mol. The number of nitro groups is 1. The van der Waals surface area contributed by atoms with Gasteiger partial charge in [0.15, 0.2) is 0 Å². The Hall–Kier alpha value is -1.69. The minimum absolute atomic E-state index is 0.0452. The summed E-state index contributed by atoms with van der Waals surface area (Å²) in [5.41, 5.74) is 5.94. The van der Waals surface area contributed by atoms with Crippen LogP contribution in [0.2, 0.25) is 0 Å². The summed E-state index contributed by atoms with van der Waals surface area (Å²) in [7, 11) is 0. The Morgan fingerprint density at radius 3 is 2.94 bits per heavy atom. The van der Waals surface area contributed by atoms with E-state index >= 15 is 0 Å². The lowest BCUT2D eigenvalue weighted by molar-refractivity contribution is -0.384. The summed E-state index contributed by atoms with van der Waals surface area (Å²) in [5, 5.41) is 10.8. The first-order chi connectivity index (χ1) is 7.59. The van der Waals surface area contributed by atoms with E-state index in [0.29, 0.717) is 18.3 Å². The molecule has 0 amide bonds. The summed E-state index contributed by atoms with van der Waals surface area (Å²) in [5.74, 6) is 0.758. The van der Waals surface area contributed by atoms with Gasteiger partial charge in [0.05, 0.1) is 4.92 Å². The predicted molar refractivity (Wildman–Crippen MR) is 60.2 cm³/mol. The zero-order valence-electron chi connectivity index (χ0n) is 9.04. The largest absolute Gasteiger partial charge is 0.349 e. The van der Waals surface area contributed by atoms with Crippen LogP contribution in [0, 0.1) is 16.0 Å². The van der Waals surface area contributed by atoms with Crippen LogP contribution in [-0.4, -0.2) is 29.0 Å². The molecular formula is C10H14N4O2. The smallest absolute Gasteiger partial charge is 0.311 e. The Morgan fingerprint density at radius 2 is 2.38 bits per heavy atom. The Kier molecular flexibility index (Phi) is 2.74. The standard InChI is InChI=1S/C10H14N4O2/c1-7-5-13(6-8(7)11)10-9(14(15)16)3-2-4-12-10/h2-4,7-8H,5-6,11H2,1H3. The first kappa shape index (κ1) is 10.8. The molecule has 0 aromatic carbocycles. The minimum Gasteiger partial charge on any atom is -0.349 e. The van der Waals surface area contributed by atoms with Crippen molar-refractivity contribution in [2.75, 3.05) is 18.0 Å². The Bertz CT molecular complexity index is 400. The highest BCUT2D eigenvalue weighted by Crippen LogP contribution is 2.28. The number of aromatic nitrogens is 1. The molecule has 0 radical (unpaired) electrons. The van der Waals surface area contributed by atoms with E-state index in [1.165, 1.54) is 6.07 Å². The third-order valence-corrected chi connectivity index (χ3v) is 2.93. The SMILES string of the molecule is CC1CN(c2ncccc2[N+](=O)[O-])CC1N. The molecule has 86 valence electrons. The van der Waals surface area contributed by atoms with E-state index in [-0.39, 0.29) is 11.7 Å². The number of hydrogen-bond donors (Lipinski definition) is 1. The van der Waals surface area contributed by atoms with E-state index in [1.807, 2.05) is 11.8 Å². The highest BCUT2D eigenvalue weighted by molar-refractivity contribution is 5.58. The van der Waals surface area contributed by atoms with Crippen LogP contribution in [0.25, 0.3) is 0 Å². The van der Waals surface area contributed by atoms with Crippen molar-refractivity contribution in [1.29, 1.82) is 0 Å². The lowest BCUT2D eigenvalue weighted by Crippen LogP contribution is -2.29. The van der Waals surface area contributed by atoms with Gasteiger partial charge in [-0.05, 0) is 12.0 Å². The van der Waals surface area contributed by atoms with Crippen molar-refractivity contribution >= 4 is 11.5 Å². The molecule has 2 rings (SSSR count). The maximum Gasteiger partial charge on any atom is 0.311 e. The average Bonchev–Trinajstić information content (AvgIpc) is 2.59. The molecule has 6 nitrogen and oxygen atoms in total. The van der Waals surface area contributed by atoms with E-state index in [2.05, 4.69) is 4.98 Å². The molecule has 2 heterocycles. The van der Waals surface area contributed by atoms with Crippen LogP contribution < -0.4 is 10.6 Å². The fraction of sp³-hybridized carbons (Fsp3) is 0.500. The molecule has 1 aromatic heterocycles. The predicted octanol–water partition coefficient (Wildman–Crippen LogP) is 0.773. The van der Waals surface area contributed by atoms with Crippen LogP contribution >= 0.6 is 0 Å². The zero-order valence-corrected chi connectivity index (χ0v) is 9.04. The highest BCUT2D eigenvalue weighted by Gasteiger charge is 2.31. The van der Waals surface area contributed by atoms with Gasteiger partial charge in [0.2, 0.25) is 5.82 Å². The number of nitrogens with two attached hydrogens (primary N) is 1. The molecule has 0 saturated carbocycles. The van der Waals surface area contributed by atoms with Crippen LogP contribution in [0.5, 0.6) is 0 Å². The number of anilines is 1. The van der Waals surface area contributed by atoms with Gasteiger partial charge in [-0.3, -0.25) is 10.1 Å². The third-order valence-electron chi connectivity index (χ3n) is 2.93. The molecule has 2 atom stereocenters. The molecule has 1 aliphatic rings. The van der Waals surface area contributed by atoms with Crippen LogP contribution in [0.15, 0.2) is 18.3 Å². The van der Waals surface area contributed by atoms with E-state index in [4.69, 9.17) is 5.73 Å². The second-order valence-electron chi connectivity index (χ2n) is 4.15. The maximum absolute atomic E-state index is 10.8. The lowest BCUT2D eigenvalue weighted by Gasteiger charge is -2.16. The number of hydrogen-bond acceptors (Lipinski definition) is 5. The molecule has 0 bridgehead atoms. The van der Waals surface area contributed by atoms with Crippen molar-refractivity contribution in [1.82, 2.24) is 4.98 Å². The molecule has 2 unspecified atom stereocenters. The second kappa shape index (κ2) is 4.05. The van der Waals surface area contributed by atoms with E-state index < -0.39 is 4.92 Å². The van der Waals surface area contributed by atoms with E-state index in [1.54, 1.807) is 12.3 Å². The molecule has 1 fully saturated rings. The van der Waals surface area contributed by atoms with Gasteiger partial charge >= 0.3 is 5.69 Å². The molecule has 1 aromatic rings. The van der Waals surface area contributed by atoms with Gasteiger partial charge in [0, 0.05) is 31.4 Å². The summed E-state index contributed by atoms with van der Waals surface area (Å²) in [6.45, 7) is 3.39. The topological polar surface area (TPSA) is 85.3 Å². The first-order valence-corrected chi connectivity index (χ1v) is 5.19. The molecule has 2 N–H and O–H groups in total. The summed E-state index contributed by atoms with van der Waals surface area (Å²) in [6, 6.07) is 3.10. The van der Waals surface area contributed by atoms with Gasteiger partial charge in [0.1, 0.15) is 0 Å². The molecule has 1 aliphatic heterocycles. The second-order valence-corrected chi connectivity index (χ2v) is 4.15. The minimum atomic E-state index is -0.406. The summed E-state index contributed by atoms with van der Waals surface area (Å²) in [6.07, 6.45) is 1.57. The monoisotopic (exact) mass is 222 g/mol. The summed E-state index contributed by atoms with van der Waals surface area (Å²) < 4.78 is 0. The Morgan fingerprint density at radius 1 is 1.62 bits per heavy atom.